The molecule has 0 atom stereocenters. The van der Waals surface area contributed by atoms with E-state index in [-0.39, 0.29) is 29.0 Å². The highest BCUT2D eigenvalue weighted by molar-refractivity contribution is 6.07. The second kappa shape index (κ2) is 8.55. The maximum absolute atomic E-state index is 13.0. The molecule has 4 rings (SSSR count). The van der Waals surface area contributed by atoms with Gasteiger partial charge in [0.2, 0.25) is 0 Å². The van der Waals surface area contributed by atoms with Gasteiger partial charge in [-0.05, 0) is 49.2 Å². The normalized spacial score (nSPS) is 14.5. The highest BCUT2D eigenvalue weighted by Crippen LogP contribution is 2.29. The van der Waals surface area contributed by atoms with Crippen LogP contribution in [0.15, 0.2) is 48.8 Å². The Hall–Kier alpha value is -3.75. The van der Waals surface area contributed by atoms with Gasteiger partial charge in [-0.3, -0.25) is 14.3 Å². The molecule has 0 unspecified atom stereocenters. The lowest BCUT2D eigenvalue weighted by Gasteiger charge is -2.31. The van der Waals surface area contributed by atoms with Crippen molar-refractivity contribution in [2.45, 2.75) is 18.8 Å². The number of hydrogen-bond acceptors (Lipinski definition) is 5. The van der Waals surface area contributed by atoms with Gasteiger partial charge in [0.15, 0.2) is 0 Å². The van der Waals surface area contributed by atoms with Crippen molar-refractivity contribution in [3.63, 3.8) is 0 Å². The fourth-order valence-corrected chi connectivity index (χ4v) is 3.73. The van der Waals surface area contributed by atoms with E-state index in [1.54, 1.807) is 36.3 Å². The number of nitrogen functional groups attached to an aromatic ring is 1. The lowest BCUT2D eigenvalue weighted by molar-refractivity contribution is 0.0711. The maximum atomic E-state index is 13.0. The van der Waals surface area contributed by atoms with Gasteiger partial charge >= 0.3 is 0 Å². The molecule has 8 nitrogen and oxygen atoms in total. The van der Waals surface area contributed by atoms with Crippen LogP contribution < -0.4 is 11.1 Å². The summed E-state index contributed by atoms with van der Waals surface area (Å²) in [6.45, 7) is 1.24. The van der Waals surface area contributed by atoms with Gasteiger partial charge in [0.25, 0.3) is 11.8 Å². The topological polar surface area (TPSA) is 106 Å². The summed E-state index contributed by atoms with van der Waals surface area (Å²) in [7, 11) is 1.78. The largest absolute Gasteiger partial charge is 0.383 e. The van der Waals surface area contributed by atoms with Crippen molar-refractivity contribution in [2.24, 2.45) is 7.05 Å². The van der Waals surface area contributed by atoms with E-state index in [1.807, 2.05) is 4.90 Å². The lowest BCUT2D eigenvalue weighted by Crippen LogP contribution is -2.38. The maximum Gasteiger partial charge on any atom is 0.259 e. The van der Waals surface area contributed by atoms with Gasteiger partial charge in [0.1, 0.15) is 11.6 Å². The van der Waals surface area contributed by atoms with Crippen molar-refractivity contribution in [1.29, 1.82) is 0 Å². The Kier molecular flexibility index (Phi) is 5.66. The molecule has 3 aromatic rings. The summed E-state index contributed by atoms with van der Waals surface area (Å²) < 4.78 is 14.6. The van der Waals surface area contributed by atoms with E-state index in [1.165, 1.54) is 24.3 Å². The zero-order valence-corrected chi connectivity index (χ0v) is 17.1. The molecule has 1 fully saturated rings. The molecule has 0 saturated carbocycles. The van der Waals surface area contributed by atoms with E-state index in [2.05, 4.69) is 15.4 Å². The average molecular weight is 422 g/mol. The van der Waals surface area contributed by atoms with Crippen molar-refractivity contribution in [3.05, 3.63) is 71.4 Å². The Balaban J connectivity index is 1.38. The molecule has 1 aliphatic heterocycles. The van der Waals surface area contributed by atoms with Crippen LogP contribution in [0.2, 0.25) is 0 Å². The number of carbonyl (C=O) groups excluding carboxylic acids is 2. The van der Waals surface area contributed by atoms with Crippen molar-refractivity contribution in [3.8, 4) is 0 Å². The average Bonchev–Trinajstić information content (AvgIpc) is 3.21. The number of pyridine rings is 1. The van der Waals surface area contributed by atoms with Crippen molar-refractivity contribution in [2.75, 3.05) is 24.1 Å². The Morgan fingerprint density at radius 1 is 1.13 bits per heavy atom. The predicted octanol–water partition coefficient (Wildman–Crippen LogP) is 2.81. The highest BCUT2D eigenvalue weighted by atomic mass is 19.1. The third-order valence-corrected chi connectivity index (χ3v) is 5.45. The molecule has 9 heteroatoms. The number of rotatable bonds is 4. The molecule has 160 valence electrons. The number of hydrogen-bond donors (Lipinski definition) is 2. The highest BCUT2D eigenvalue weighted by Gasteiger charge is 2.26. The van der Waals surface area contributed by atoms with Gasteiger partial charge in [0.05, 0.1) is 17.3 Å². The van der Waals surface area contributed by atoms with Gasteiger partial charge in [-0.2, -0.15) is 5.10 Å². The van der Waals surface area contributed by atoms with Crippen LogP contribution in [-0.4, -0.2) is 44.6 Å². The third-order valence-electron chi connectivity index (χ3n) is 5.45. The van der Waals surface area contributed by atoms with Crippen molar-refractivity contribution >= 4 is 23.3 Å². The first kappa shape index (κ1) is 20.5. The Morgan fingerprint density at radius 2 is 1.84 bits per heavy atom. The number of aryl methyl sites for hydroxylation is 1. The zero-order valence-electron chi connectivity index (χ0n) is 17.1. The molecule has 31 heavy (non-hydrogen) atoms. The minimum absolute atomic E-state index is 0.0214. The van der Waals surface area contributed by atoms with E-state index in [9.17, 15) is 14.0 Å². The molecular weight excluding hydrogens is 399 g/mol. The number of halogens is 1. The molecule has 1 saturated heterocycles. The summed E-state index contributed by atoms with van der Waals surface area (Å²) in [5.74, 6) is -0.496. The van der Waals surface area contributed by atoms with Crippen LogP contribution in [0.4, 0.5) is 15.9 Å². The molecule has 0 bridgehead atoms. The molecule has 2 aromatic heterocycles. The van der Waals surface area contributed by atoms with Crippen molar-refractivity contribution in [1.82, 2.24) is 19.7 Å². The SMILES string of the molecule is Cn1cc(C(=O)N2CCC(c3ccc(C(=O)Nc4ccc(F)cc4)c(N)n3)CC2)cn1. The number of benzene rings is 1. The van der Waals surface area contributed by atoms with Crippen LogP contribution in [0.1, 0.15) is 45.2 Å². The number of aromatic nitrogens is 3. The number of anilines is 2. The number of nitrogens with two attached hydrogens (primary N) is 1. The minimum Gasteiger partial charge on any atom is -0.383 e. The fraction of sp³-hybridized carbons (Fsp3) is 0.273. The molecule has 3 N–H and O–H groups in total. The first-order chi connectivity index (χ1) is 14.9. The standard InChI is InChI=1S/C22H23FN6O2/c1-28-13-15(12-25-28)22(31)29-10-8-14(9-11-29)19-7-6-18(20(24)27-19)21(30)26-17-4-2-16(23)3-5-17/h2-7,12-14H,8-11H2,1H3,(H2,24,27)(H,26,30). The van der Waals surface area contributed by atoms with Crippen LogP contribution in [0.25, 0.3) is 0 Å². The van der Waals surface area contributed by atoms with Crippen molar-refractivity contribution < 1.29 is 14.0 Å². The van der Waals surface area contributed by atoms with Crippen LogP contribution in [-0.2, 0) is 7.05 Å². The number of nitrogens with zero attached hydrogens (tertiary/aromatic N) is 4. The molecule has 1 aromatic carbocycles. The second-order valence-corrected chi connectivity index (χ2v) is 7.60. The Morgan fingerprint density at radius 3 is 2.45 bits per heavy atom. The first-order valence-corrected chi connectivity index (χ1v) is 10.0. The zero-order chi connectivity index (χ0) is 22.0. The van der Waals surface area contributed by atoms with Gasteiger partial charge in [-0.25, -0.2) is 9.37 Å². The molecule has 0 spiro atoms. The van der Waals surface area contributed by atoms with Crippen LogP contribution >= 0.6 is 0 Å². The lowest BCUT2D eigenvalue weighted by atomic mass is 9.92. The number of carbonyl (C=O) groups is 2. The second-order valence-electron chi connectivity index (χ2n) is 7.60. The number of nitrogens with one attached hydrogen (secondary N) is 1. The van der Waals surface area contributed by atoms with Gasteiger partial charge in [-0.1, -0.05) is 0 Å². The number of piperidine rings is 1. The van der Waals surface area contributed by atoms with E-state index in [0.717, 1.165) is 18.5 Å². The molecule has 0 radical (unpaired) electrons. The first-order valence-electron chi connectivity index (χ1n) is 10.0. The van der Waals surface area contributed by atoms with Gasteiger partial charge in [0, 0.05) is 43.6 Å². The summed E-state index contributed by atoms with van der Waals surface area (Å²) in [5, 5.41) is 6.74. The van der Waals surface area contributed by atoms with Crippen LogP contribution in [0.5, 0.6) is 0 Å². The van der Waals surface area contributed by atoms with Crippen LogP contribution in [0, 0.1) is 5.82 Å². The molecule has 1 aliphatic rings. The predicted molar refractivity (Wildman–Crippen MR) is 114 cm³/mol. The number of amides is 2. The third kappa shape index (κ3) is 4.55. The Bertz CT molecular complexity index is 1100. The van der Waals surface area contributed by atoms with E-state index >= 15 is 0 Å². The molecule has 3 heterocycles. The Labute approximate surface area is 178 Å². The summed E-state index contributed by atoms with van der Waals surface area (Å²) in [6.07, 6.45) is 4.82. The summed E-state index contributed by atoms with van der Waals surface area (Å²) in [4.78, 5) is 31.3. The fourth-order valence-electron chi connectivity index (χ4n) is 3.73. The van der Waals surface area contributed by atoms with E-state index in [0.29, 0.717) is 24.3 Å². The number of likely N-dealkylation sites (tertiary alicyclic amines) is 1. The molecule has 0 aliphatic carbocycles. The van der Waals surface area contributed by atoms with E-state index < -0.39 is 5.91 Å². The summed E-state index contributed by atoms with van der Waals surface area (Å²) >= 11 is 0. The van der Waals surface area contributed by atoms with Gasteiger partial charge in [-0.15, -0.1) is 0 Å². The minimum atomic E-state index is -0.403. The van der Waals surface area contributed by atoms with Gasteiger partial charge < -0.3 is 16.0 Å². The smallest absolute Gasteiger partial charge is 0.259 e. The van der Waals surface area contributed by atoms with E-state index in [4.69, 9.17) is 5.73 Å². The summed E-state index contributed by atoms with van der Waals surface area (Å²) in [6, 6.07) is 8.96. The quantitative estimate of drug-likeness (QED) is 0.673. The summed E-state index contributed by atoms with van der Waals surface area (Å²) in [5.41, 5.74) is 8.18. The molecule has 2 amide bonds. The monoisotopic (exact) mass is 422 g/mol. The molecular formula is C22H23FN6O2. The van der Waals surface area contributed by atoms with Crippen LogP contribution in [0.3, 0.4) is 0 Å².